The number of amides is 1. The second-order valence-corrected chi connectivity index (χ2v) is 7.19. The second-order valence-electron chi connectivity index (χ2n) is 7.19. The van der Waals surface area contributed by atoms with Crippen LogP contribution in [0.15, 0.2) is 65.5 Å². The molecule has 0 aliphatic rings. The molecule has 0 aliphatic heterocycles. The minimum Gasteiger partial charge on any atom is -0.366 e. The molecule has 0 spiro atoms. The Balaban J connectivity index is 1.87. The fraction of sp³-hybridized carbons (Fsp3) is 0.0870. The van der Waals surface area contributed by atoms with Crippen LogP contribution in [0.4, 0.5) is 17.6 Å². The number of rotatable bonds is 4. The van der Waals surface area contributed by atoms with Crippen LogP contribution in [0.2, 0.25) is 0 Å². The predicted molar refractivity (Wildman–Crippen MR) is 111 cm³/mol. The smallest absolute Gasteiger partial charge is 0.366 e. The highest BCUT2D eigenvalue weighted by Gasteiger charge is 2.31. The molecule has 0 radical (unpaired) electrons. The maximum Gasteiger partial charge on any atom is 0.416 e. The van der Waals surface area contributed by atoms with E-state index in [9.17, 15) is 27.2 Å². The van der Waals surface area contributed by atoms with E-state index in [0.717, 1.165) is 18.2 Å². The number of nitrogens with two attached hydrogens (primary N) is 1. The Morgan fingerprint density at radius 2 is 1.78 bits per heavy atom. The summed E-state index contributed by atoms with van der Waals surface area (Å²) in [6.45, 7) is 0. The van der Waals surface area contributed by atoms with Crippen LogP contribution in [0.1, 0.15) is 27.2 Å². The third-order valence-corrected chi connectivity index (χ3v) is 5.05. The molecule has 5 nitrogen and oxygen atoms in total. The van der Waals surface area contributed by atoms with E-state index in [1.165, 1.54) is 30.3 Å². The van der Waals surface area contributed by atoms with Gasteiger partial charge in [0, 0.05) is 17.4 Å². The first-order valence-electron chi connectivity index (χ1n) is 9.40. The van der Waals surface area contributed by atoms with Crippen LogP contribution in [-0.4, -0.2) is 16.1 Å². The number of hydrogen-bond acceptors (Lipinski definition) is 3. The number of fused-ring (bicyclic) bond motifs is 1. The number of aromatic amines is 1. The van der Waals surface area contributed by atoms with Crippen LogP contribution in [-0.2, 0) is 12.6 Å². The number of aromatic nitrogens is 2. The lowest BCUT2D eigenvalue weighted by molar-refractivity contribution is -0.137. The molecular weight excluding hydrogens is 426 g/mol. The van der Waals surface area contributed by atoms with Crippen LogP contribution < -0.4 is 11.3 Å². The molecule has 162 valence electrons. The summed E-state index contributed by atoms with van der Waals surface area (Å²) >= 11 is 0. The Hall–Kier alpha value is -4.01. The number of benzene rings is 3. The quantitative estimate of drug-likeness (QED) is 0.459. The lowest BCUT2D eigenvalue weighted by atomic mass is 9.94. The van der Waals surface area contributed by atoms with Crippen molar-refractivity contribution in [2.75, 3.05) is 0 Å². The molecule has 4 aromatic rings. The minimum absolute atomic E-state index is 0.0443. The Morgan fingerprint density at radius 1 is 1.00 bits per heavy atom. The molecule has 1 aromatic heterocycles. The van der Waals surface area contributed by atoms with Crippen molar-refractivity contribution in [3.05, 3.63) is 99.2 Å². The van der Waals surface area contributed by atoms with Gasteiger partial charge in [0.15, 0.2) is 0 Å². The summed E-state index contributed by atoms with van der Waals surface area (Å²) in [6, 6.07) is 12.9. The summed E-state index contributed by atoms with van der Waals surface area (Å²) in [5, 5.41) is 7.02. The highest BCUT2D eigenvalue weighted by atomic mass is 19.4. The van der Waals surface area contributed by atoms with Gasteiger partial charge < -0.3 is 5.73 Å². The predicted octanol–water partition coefficient (Wildman–Crippen LogP) is 4.44. The van der Waals surface area contributed by atoms with E-state index in [1.807, 2.05) is 0 Å². The van der Waals surface area contributed by atoms with Crippen molar-refractivity contribution >= 4 is 16.7 Å². The van der Waals surface area contributed by atoms with Crippen LogP contribution in [0.25, 0.3) is 21.9 Å². The summed E-state index contributed by atoms with van der Waals surface area (Å²) < 4.78 is 53.2. The first kappa shape index (κ1) is 21.2. The number of carbonyl (C=O) groups excluding carboxylic acids is 1. The van der Waals surface area contributed by atoms with Crippen molar-refractivity contribution < 1.29 is 22.4 Å². The van der Waals surface area contributed by atoms with Gasteiger partial charge in [-0.05, 0) is 53.1 Å². The van der Waals surface area contributed by atoms with Crippen LogP contribution in [0.5, 0.6) is 0 Å². The summed E-state index contributed by atoms with van der Waals surface area (Å²) in [6.07, 6.45) is -4.40. The average molecular weight is 441 g/mol. The number of hydrogen-bond donors (Lipinski definition) is 2. The van der Waals surface area contributed by atoms with Crippen LogP contribution in [0.3, 0.4) is 0 Å². The third kappa shape index (κ3) is 4.09. The number of H-pyrrole nitrogens is 1. The number of nitrogens with zero attached hydrogens (tertiary/aromatic N) is 1. The average Bonchev–Trinajstić information content (AvgIpc) is 2.74. The molecule has 0 atom stereocenters. The highest BCUT2D eigenvalue weighted by molar-refractivity contribution is 6.01. The van der Waals surface area contributed by atoms with Crippen molar-refractivity contribution in [1.82, 2.24) is 10.2 Å². The van der Waals surface area contributed by atoms with E-state index >= 15 is 0 Å². The van der Waals surface area contributed by atoms with Gasteiger partial charge in [-0.1, -0.05) is 24.3 Å². The molecular formula is C23H15F4N3O2. The zero-order valence-corrected chi connectivity index (χ0v) is 16.3. The zero-order valence-electron chi connectivity index (χ0n) is 16.3. The van der Waals surface area contributed by atoms with Crippen molar-refractivity contribution in [2.45, 2.75) is 12.6 Å². The maximum absolute atomic E-state index is 13.5. The topological polar surface area (TPSA) is 88.8 Å². The Kier molecular flexibility index (Phi) is 5.25. The lowest BCUT2D eigenvalue weighted by Crippen LogP contribution is -2.15. The van der Waals surface area contributed by atoms with Gasteiger partial charge in [-0.3, -0.25) is 9.59 Å². The molecule has 3 N–H and O–H groups in total. The molecule has 3 aromatic carbocycles. The second kappa shape index (κ2) is 7.92. The molecule has 9 heteroatoms. The number of nitrogens with one attached hydrogen (secondary N) is 1. The standard InChI is InChI=1S/C23H15F4N3O2/c24-15-3-1-2-12(8-15)9-20-16-6-4-13(10-19(16)22(32)30-29-20)18-11-14(23(25,26)27)5-7-17(18)21(28)31/h1-8,10-11H,9H2,(H2,28,31)(H,30,32). The largest absolute Gasteiger partial charge is 0.416 e. The Labute approximate surface area is 178 Å². The fourth-order valence-electron chi connectivity index (χ4n) is 3.54. The number of carbonyl (C=O) groups is 1. The van der Waals surface area contributed by atoms with Crippen molar-refractivity contribution in [1.29, 1.82) is 0 Å². The van der Waals surface area contributed by atoms with E-state index in [2.05, 4.69) is 10.2 Å². The molecule has 0 saturated carbocycles. The minimum atomic E-state index is -4.62. The molecule has 0 bridgehead atoms. The maximum atomic E-state index is 13.5. The van der Waals surface area contributed by atoms with E-state index in [-0.39, 0.29) is 28.5 Å². The van der Waals surface area contributed by atoms with Gasteiger partial charge in [-0.2, -0.15) is 18.3 Å². The molecule has 0 aliphatic carbocycles. The molecule has 4 rings (SSSR count). The van der Waals surface area contributed by atoms with Crippen LogP contribution >= 0.6 is 0 Å². The zero-order chi connectivity index (χ0) is 23.0. The molecule has 32 heavy (non-hydrogen) atoms. The first-order valence-corrected chi connectivity index (χ1v) is 9.40. The highest BCUT2D eigenvalue weighted by Crippen LogP contribution is 2.35. The van der Waals surface area contributed by atoms with Crippen molar-refractivity contribution in [3.63, 3.8) is 0 Å². The van der Waals surface area contributed by atoms with Crippen molar-refractivity contribution in [3.8, 4) is 11.1 Å². The van der Waals surface area contributed by atoms with Crippen LogP contribution in [0, 0.1) is 5.82 Å². The molecule has 1 amide bonds. The lowest BCUT2D eigenvalue weighted by Gasteiger charge is -2.13. The monoisotopic (exact) mass is 441 g/mol. The number of alkyl halides is 3. The molecule has 0 saturated heterocycles. The number of primary amides is 1. The van der Waals surface area contributed by atoms with E-state index in [1.54, 1.807) is 12.1 Å². The Morgan fingerprint density at radius 3 is 2.47 bits per heavy atom. The molecule has 1 heterocycles. The van der Waals surface area contributed by atoms with Gasteiger partial charge in [0.25, 0.3) is 5.56 Å². The van der Waals surface area contributed by atoms with Gasteiger partial charge in [-0.25, -0.2) is 9.49 Å². The van der Waals surface area contributed by atoms with Gasteiger partial charge in [0.05, 0.1) is 16.6 Å². The van der Waals surface area contributed by atoms with E-state index in [4.69, 9.17) is 5.73 Å². The SMILES string of the molecule is NC(=O)c1ccc(C(F)(F)F)cc1-c1ccc2c(Cc3cccc(F)c3)n[nH]c(=O)c2c1. The summed E-state index contributed by atoms with van der Waals surface area (Å²) in [5.41, 5.74) is 4.98. The molecule has 0 unspecified atom stereocenters. The molecule has 0 fully saturated rings. The van der Waals surface area contributed by atoms with Gasteiger partial charge in [-0.15, -0.1) is 0 Å². The third-order valence-electron chi connectivity index (χ3n) is 5.05. The van der Waals surface area contributed by atoms with E-state index < -0.39 is 29.0 Å². The summed E-state index contributed by atoms with van der Waals surface area (Å²) in [4.78, 5) is 24.2. The van der Waals surface area contributed by atoms with Gasteiger partial charge >= 0.3 is 6.18 Å². The van der Waals surface area contributed by atoms with Crippen molar-refractivity contribution in [2.24, 2.45) is 5.73 Å². The van der Waals surface area contributed by atoms with Gasteiger partial charge in [0.1, 0.15) is 5.82 Å². The Bertz CT molecular complexity index is 1410. The summed E-state index contributed by atoms with van der Waals surface area (Å²) in [7, 11) is 0. The fourth-order valence-corrected chi connectivity index (χ4v) is 3.54. The van der Waals surface area contributed by atoms with E-state index in [0.29, 0.717) is 16.6 Å². The van der Waals surface area contributed by atoms with Gasteiger partial charge in [0.2, 0.25) is 5.91 Å². The summed E-state index contributed by atoms with van der Waals surface area (Å²) in [5.74, 6) is -1.31. The number of halogens is 4. The normalized spacial score (nSPS) is 11.6. The first-order chi connectivity index (χ1) is 15.1.